The van der Waals surface area contributed by atoms with Gasteiger partial charge in [-0.15, -0.1) is 8.78 Å². The summed E-state index contributed by atoms with van der Waals surface area (Å²) in [6.45, 7) is 0. The molecule has 0 aliphatic rings. The Morgan fingerprint density at radius 2 is 1.69 bits per heavy atom. The molecule has 29 heavy (non-hydrogen) atoms. The van der Waals surface area contributed by atoms with E-state index in [4.69, 9.17) is 4.42 Å². The van der Waals surface area contributed by atoms with Gasteiger partial charge in [0.25, 0.3) is 5.91 Å². The third-order valence-electron chi connectivity index (χ3n) is 3.38. The molecule has 13 heteroatoms. The summed E-state index contributed by atoms with van der Waals surface area (Å²) in [5.41, 5.74) is -8.14. The Hall–Kier alpha value is -3.02. The monoisotopic (exact) mass is 442 g/mol. The Kier molecular flexibility index (Phi) is 6.26. The van der Waals surface area contributed by atoms with E-state index in [-0.39, 0.29) is 0 Å². The van der Waals surface area contributed by atoms with Gasteiger partial charge in [0, 0.05) is 17.3 Å². The molecule has 1 amide bonds. The van der Waals surface area contributed by atoms with E-state index >= 15 is 0 Å². The first-order valence-electron chi connectivity index (χ1n) is 7.53. The summed E-state index contributed by atoms with van der Waals surface area (Å²) in [6.07, 6.45) is -4.35. The second-order valence-electron chi connectivity index (χ2n) is 5.37. The van der Waals surface area contributed by atoms with Crippen LogP contribution >= 0.6 is 11.6 Å². The lowest BCUT2D eigenvalue weighted by Gasteiger charge is -2.34. The minimum atomic E-state index is -5.39. The number of ether oxygens (including phenoxy) is 2. The van der Waals surface area contributed by atoms with Crippen molar-refractivity contribution in [1.29, 1.82) is 0 Å². The van der Waals surface area contributed by atoms with Crippen molar-refractivity contribution < 1.29 is 45.4 Å². The number of esters is 1. The van der Waals surface area contributed by atoms with Crippen molar-refractivity contribution in [3.63, 3.8) is 0 Å². The van der Waals surface area contributed by atoms with Crippen LogP contribution in [0.3, 0.4) is 0 Å². The van der Waals surface area contributed by atoms with E-state index in [1.165, 1.54) is 11.4 Å². The predicted molar refractivity (Wildman–Crippen MR) is 88.5 cm³/mol. The number of halogens is 6. The van der Waals surface area contributed by atoms with Crippen LogP contribution in [0.4, 0.5) is 27.6 Å². The maximum absolute atomic E-state index is 13.9. The Morgan fingerprint density at radius 3 is 2.14 bits per heavy atom. The normalized spacial score (nSPS) is 13.9. The van der Waals surface area contributed by atoms with Gasteiger partial charge in [0.2, 0.25) is 0 Å². The van der Waals surface area contributed by atoms with Gasteiger partial charge < -0.3 is 24.5 Å². The van der Waals surface area contributed by atoms with Gasteiger partial charge in [0.05, 0.1) is 13.4 Å². The minimum absolute atomic E-state index is 0.391. The van der Waals surface area contributed by atoms with Crippen molar-refractivity contribution in [1.82, 2.24) is 5.32 Å². The molecular formula is C16H12ClF5N2O5. The fraction of sp³-hybridized carbons (Fsp3) is 0.250. The molecule has 1 aromatic heterocycles. The van der Waals surface area contributed by atoms with Gasteiger partial charge in [-0.1, -0.05) is 0 Å². The number of amides is 1. The van der Waals surface area contributed by atoms with Gasteiger partial charge in [-0.3, -0.25) is 4.79 Å². The smallest absolute Gasteiger partial charge is 0.466 e. The van der Waals surface area contributed by atoms with Crippen LogP contribution in [-0.2, 0) is 9.53 Å². The molecule has 1 heterocycles. The van der Waals surface area contributed by atoms with Gasteiger partial charge >= 0.3 is 23.4 Å². The third-order valence-corrected chi connectivity index (χ3v) is 3.46. The highest BCUT2D eigenvalue weighted by atomic mass is 35.5. The molecule has 2 rings (SSSR count). The zero-order valence-electron chi connectivity index (χ0n) is 14.4. The van der Waals surface area contributed by atoms with E-state index in [1.807, 2.05) is 5.32 Å². The topological polar surface area (TPSA) is 89.8 Å². The molecule has 0 spiro atoms. The summed E-state index contributed by atoms with van der Waals surface area (Å²) in [6, 6.07) is 5.84. The molecule has 0 aliphatic heterocycles. The molecule has 158 valence electrons. The summed E-state index contributed by atoms with van der Waals surface area (Å²) in [4.78, 5) is 24.2. The number of hydrogen-bond acceptors (Lipinski definition) is 6. The molecule has 0 fully saturated rings. The molecule has 0 bridgehead atoms. The zero-order chi connectivity index (χ0) is 21.9. The summed E-state index contributed by atoms with van der Waals surface area (Å²) < 4.78 is 79.8. The fourth-order valence-electron chi connectivity index (χ4n) is 2.14. The van der Waals surface area contributed by atoms with E-state index in [2.05, 4.69) is 21.1 Å². The maximum atomic E-state index is 13.9. The van der Waals surface area contributed by atoms with Crippen molar-refractivity contribution in [2.24, 2.45) is 0 Å². The molecule has 0 saturated heterocycles. The highest BCUT2D eigenvalue weighted by Gasteiger charge is 2.63. The molecule has 1 aromatic carbocycles. The predicted octanol–water partition coefficient (Wildman–Crippen LogP) is 3.72. The number of nitrogens with one attached hydrogen (secondary N) is 2. The van der Waals surface area contributed by atoms with E-state index in [0.29, 0.717) is 7.11 Å². The van der Waals surface area contributed by atoms with Gasteiger partial charge in [0.1, 0.15) is 5.75 Å². The number of carbonyl (C=O) groups is 2. The van der Waals surface area contributed by atoms with Gasteiger partial charge in [-0.25, -0.2) is 4.79 Å². The van der Waals surface area contributed by atoms with E-state index in [1.54, 1.807) is 0 Å². The van der Waals surface area contributed by atoms with Crippen molar-refractivity contribution >= 4 is 29.2 Å². The fourth-order valence-corrected chi connectivity index (χ4v) is 2.23. The van der Waals surface area contributed by atoms with E-state index in [9.17, 15) is 31.5 Å². The highest BCUT2D eigenvalue weighted by Crippen LogP contribution is 2.34. The molecule has 7 nitrogen and oxygen atoms in total. The first-order valence-corrected chi connectivity index (χ1v) is 7.91. The van der Waals surface area contributed by atoms with Crippen LogP contribution < -0.4 is 15.4 Å². The lowest BCUT2D eigenvalue weighted by molar-refractivity contribution is -0.203. The summed E-state index contributed by atoms with van der Waals surface area (Å²) in [5, 5.41) is 3.33. The number of methoxy groups -OCH3 is 1. The Bertz CT molecular complexity index is 852. The minimum Gasteiger partial charge on any atom is -0.466 e. The number of anilines is 1. The number of rotatable bonds is 7. The molecule has 0 aliphatic carbocycles. The summed E-state index contributed by atoms with van der Waals surface area (Å²) >= 11 is 4.60. The molecule has 0 unspecified atom stereocenters. The summed E-state index contributed by atoms with van der Waals surface area (Å²) in [5.74, 6) is -4.23. The second kappa shape index (κ2) is 8.15. The average Bonchev–Trinajstić information content (AvgIpc) is 3.14. The molecule has 2 aromatic rings. The quantitative estimate of drug-likeness (QED) is 0.294. The van der Waals surface area contributed by atoms with Crippen LogP contribution in [0.25, 0.3) is 0 Å². The van der Waals surface area contributed by atoms with Crippen LogP contribution in [0.1, 0.15) is 10.6 Å². The third kappa shape index (κ3) is 5.28. The molecular weight excluding hydrogens is 431 g/mol. The molecule has 2 N–H and O–H groups in total. The Morgan fingerprint density at radius 1 is 1.07 bits per heavy atom. The average molecular weight is 443 g/mol. The highest BCUT2D eigenvalue weighted by molar-refractivity contribution is 6.20. The van der Waals surface area contributed by atoms with Gasteiger partial charge in [-0.05, 0) is 36.4 Å². The number of benzene rings is 1. The number of carbonyl (C=O) groups excluding carboxylic acids is 2. The van der Waals surface area contributed by atoms with E-state index < -0.39 is 46.5 Å². The molecule has 0 saturated carbocycles. The van der Waals surface area contributed by atoms with Crippen molar-refractivity contribution in [2.75, 3.05) is 12.4 Å². The first kappa shape index (κ1) is 22.3. The van der Waals surface area contributed by atoms with Crippen molar-refractivity contribution in [3.8, 4) is 5.75 Å². The Balaban J connectivity index is 2.39. The SMILES string of the molecule is COC(=O)[C@@](NC(=O)c1ccco1)(Nc1ccc(OC(F)(F)Cl)cc1)C(F)(F)F. The lowest BCUT2D eigenvalue weighted by atomic mass is 10.1. The number of furan rings is 1. The maximum Gasteiger partial charge on any atom is 0.487 e. The first-order chi connectivity index (χ1) is 13.4. The second-order valence-corrected chi connectivity index (χ2v) is 5.81. The lowest BCUT2D eigenvalue weighted by Crippen LogP contribution is -2.69. The van der Waals surface area contributed by atoms with E-state index in [0.717, 1.165) is 36.6 Å². The standard InChI is InChI=1S/C16H12ClF5N2O5/c1-27-13(26)14(15(18,19)20,24-12(25)11-3-2-8-28-11)23-9-4-6-10(7-5-9)29-16(17,21)22/h2-8,23H,1H3,(H,24,25)/t14-/m0/s1. The summed E-state index contributed by atoms with van der Waals surface area (Å²) in [7, 11) is 0.684. The molecule has 0 radical (unpaired) electrons. The van der Waals surface area contributed by atoms with Crippen LogP contribution in [-0.4, -0.2) is 36.4 Å². The number of alkyl halides is 6. The van der Waals surface area contributed by atoms with Crippen LogP contribution in [0.15, 0.2) is 47.1 Å². The van der Waals surface area contributed by atoms with Crippen LogP contribution in [0, 0.1) is 0 Å². The van der Waals surface area contributed by atoms with Crippen molar-refractivity contribution in [2.45, 2.75) is 17.4 Å². The number of hydrogen-bond donors (Lipinski definition) is 2. The van der Waals surface area contributed by atoms with Crippen LogP contribution in [0.2, 0.25) is 0 Å². The largest absolute Gasteiger partial charge is 0.487 e. The Labute approximate surface area is 164 Å². The van der Waals surface area contributed by atoms with Crippen molar-refractivity contribution in [3.05, 3.63) is 48.4 Å². The van der Waals surface area contributed by atoms with Gasteiger partial charge in [-0.2, -0.15) is 13.2 Å². The van der Waals surface area contributed by atoms with Crippen LogP contribution in [0.5, 0.6) is 5.75 Å². The zero-order valence-corrected chi connectivity index (χ0v) is 15.1. The molecule has 1 atom stereocenters. The van der Waals surface area contributed by atoms with Gasteiger partial charge in [0.15, 0.2) is 5.76 Å².